The summed E-state index contributed by atoms with van der Waals surface area (Å²) in [5.74, 6) is -0.278. The summed E-state index contributed by atoms with van der Waals surface area (Å²) >= 11 is 0. The molecule has 2 N–H and O–H groups in total. The van der Waals surface area contributed by atoms with Gasteiger partial charge < -0.3 is 10.4 Å². The van der Waals surface area contributed by atoms with Gasteiger partial charge in [0.05, 0.1) is 0 Å². The lowest BCUT2D eigenvalue weighted by atomic mass is 9.97. The number of phenols is 1. The van der Waals surface area contributed by atoms with E-state index in [1.807, 2.05) is 0 Å². The van der Waals surface area contributed by atoms with Crippen molar-refractivity contribution in [3.63, 3.8) is 0 Å². The standard InChI is InChI=1S/C9H10FNO/c10-6-2-1-3-8(12)9(6)7-4-5-11-7/h1-3,7,11-12H,4-5H2/t7-/m1/s1. The first-order chi connectivity index (χ1) is 5.79. The Morgan fingerprint density at radius 3 is 2.75 bits per heavy atom. The van der Waals surface area contributed by atoms with Gasteiger partial charge in [0.25, 0.3) is 0 Å². The minimum absolute atomic E-state index is 0.00574. The van der Waals surface area contributed by atoms with Crippen LogP contribution in [0.3, 0.4) is 0 Å². The Bertz CT molecular complexity index is 276. The lowest BCUT2D eigenvalue weighted by molar-refractivity contribution is 0.351. The van der Waals surface area contributed by atoms with Crippen molar-refractivity contribution in [2.24, 2.45) is 0 Å². The summed E-state index contributed by atoms with van der Waals surface area (Å²) in [5.41, 5.74) is 0.406. The number of phenolic OH excluding ortho intramolecular Hbond substituents is 1. The molecule has 1 aromatic rings. The molecule has 2 nitrogen and oxygen atoms in total. The summed E-state index contributed by atoms with van der Waals surface area (Å²) in [6.45, 7) is 0.901. The van der Waals surface area contributed by atoms with Crippen LogP contribution in [0.2, 0.25) is 0 Å². The van der Waals surface area contributed by atoms with E-state index in [1.54, 1.807) is 0 Å². The van der Waals surface area contributed by atoms with Gasteiger partial charge in [-0.25, -0.2) is 4.39 Å². The Balaban J connectivity index is 2.39. The van der Waals surface area contributed by atoms with Gasteiger partial charge in [-0.2, -0.15) is 0 Å². The van der Waals surface area contributed by atoms with E-state index in [-0.39, 0.29) is 17.6 Å². The van der Waals surface area contributed by atoms with Gasteiger partial charge in [-0.05, 0) is 25.1 Å². The quantitative estimate of drug-likeness (QED) is 0.665. The highest BCUT2D eigenvalue weighted by Gasteiger charge is 2.24. The van der Waals surface area contributed by atoms with Gasteiger partial charge >= 0.3 is 0 Å². The molecule has 2 rings (SSSR count). The highest BCUT2D eigenvalue weighted by molar-refractivity contribution is 5.36. The Labute approximate surface area is 70.0 Å². The van der Waals surface area contributed by atoms with Crippen molar-refractivity contribution in [3.8, 4) is 5.75 Å². The molecule has 0 aliphatic carbocycles. The van der Waals surface area contributed by atoms with Crippen LogP contribution in [0.4, 0.5) is 4.39 Å². The van der Waals surface area contributed by atoms with Gasteiger partial charge in [0.2, 0.25) is 0 Å². The fourth-order valence-electron chi connectivity index (χ4n) is 1.41. The van der Waals surface area contributed by atoms with Crippen LogP contribution < -0.4 is 5.32 Å². The van der Waals surface area contributed by atoms with E-state index in [2.05, 4.69) is 5.32 Å². The maximum Gasteiger partial charge on any atom is 0.131 e. The molecule has 64 valence electrons. The topological polar surface area (TPSA) is 32.3 Å². The second kappa shape index (κ2) is 2.75. The third kappa shape index (κ3) is 1.06. The maximum atomic E-state index is 13.1. The lowest BCUT2D eigenvalue weighted by Gasteiger charge is -2.28. The molecule has 1 aromatic carbocycles. The van der Waals surface area contributed by atoms with Crippen LogP contribution in [0, 0.1) is 5.82 Å². The second-order valence-electron chi connectivity index (χ2n) is 2.97. The Kier molecular flexibility index (Phi) is 1.73. The third-order valence-electron chi connectivity index (χ3n) is 2.20. The van der Waals surface area contributed by atoms with E-state index in [1.165, 1.54) is 18.2 Å². The fraction of sp³-hybridized carbons (Fsp3) is 0.333. The molecule has 1 aliphatic rings. The zero-order valence-electron chi connectivity index (χ0n) is 6.55. The van der Waals surface area contributed by atoms with Gasteiger partial charge in [0, 0.05) is 11.6 Å². The van der Waals surface area contributed by atoms with Crippen LogP contribution in [-0.4, -0.2) is 11.7 Å². The van der Waals surface area contributed by atoms with Crippen molar-refractivity contribution in [2.45, 2.75) is 12.5 Å². The van der Waals surface area contributed by atoms with Crippen molar-refractivity contribution < 1.29 is 9.50 Å². The molecule has 0 saturated carbocycles. The maximum absolute atomic E-state index is 13.1. The monoisotopic (exact) mass is 167 g/mol. The highest BCUT2D eigenvalue weighted by atomic mass is 19.1. The minimum Gasteiger partial charge on any atom is -0.508 e. The molecule has 1 atom stereocenters. The van der Waals surface area contributed by atoms with Crippen LogP contribution >= 0.6 is 0 Å². The molecule has 0 unspecified atom stereocenters. The molecule has 0 aromatic heterocycles. The first kappa shape index (κ1) is 7.55. The van der Waals surface area contributed by atoms with Crippen molar-refractivity contribution >= 4 is 0 Å². The fourth-order valence-corrected chi connectivity index (χ4v) is 1.41. The van der Waals surface area contributed by atoms with E-state index in [0.29, 0.717) is 5.56 Å². The molecule has 0 amide bonds. The second-order valence-corrected chi connectivity index (χ2v) is 2.97. The average Bonchev–Trinajstić information content (AvgIpc) is 1.93. The SMILES string of the molecule is Oc1cccc(F)c1[C@H]1CCN1. The molecule has 3 heteroatoms. The number of rotatable bonds is 1. The predicted molar refractivity (Wildman–Crippen MR) is 43.4 cm³/mol. The third-order valence-corrected chi connectivity index (χ3v) is 2.20. The zero-order valence-corrected chi connectivity index (χ0v) is 6.55. The number of benzene rings is 1. The van der Waals surface area contributed by atoms with Crippen molar-refractivity contribution in [2.75, 3.05) is 6.54 Å². The van der Waals surface area contributed by atoms with E-state index in [0.717, 1.165) is 13.0 Å². The molecule has 0 bridgehead atoms. The lowest BCUT2D eigenvalue weighted by Crippen LogP contribution is -2.35. The highest BCUT2D eigenvalue weighted by Crippen LogP contribution is 2.31. The number of hydrogen-bond donors (Lipinski definition) is 2. The molecule has 1 fully saturated rings. The summed E-state index contributed by atoms with van der Waals surface area (Å²) in [5, 5.41) is 12.4. The molecule has 1 saturated heterocycles. The first-order valence-electron chi connectivity index (χ1n) is 4.00. The van der Waals surface area contributed by atoms with Crippen LogP contribution in [0.1, 0.15) is 18.0 Å². The summed E-state index contributed by atoms with van der Waals surface area (Å²) in [6, 6.07) is 4.39. The summed E-state index contributed by atoms with van der Waals surface area (Å²) in [7, 11) is 0. The van der Waals surface area contributed by atoms with Gasteiger partial charge in [-0.3, -0.25) is 0 Å². The molecular weight excluding hydrogens is 157 g/mol. The average molecular weight is 167 g/mol. The van der Waals surface area contributed by atoms with Gasteiger partial charge in [0.15, 0.2) is 0 Å². The Morgan fingerprint density at radius 1 is 1.50 bits per heavy atom. The number of hydrogen-bond acceptors (Lipinski definition) is 2. The number of halogens is 1. The molecule has 0 spiro atoms. The largest absolute Gasteiger partial charge is 0.508 e. The molecule has 0 radical (unpaired) electrons. The molecule has 12 heavy (non-hydrogen) atoms. The number of nitrogens with one attached hydrogen (secondary N) is 1. The van der Waals surface area contributed by atoms with E-state index in [4.69, 9.17) is 0 Å². The summed E-state index contributed by atoms with van der Waals surface area (Å²) < 4.78 is 13.1. The summed E-state index contributed by atoms with van der Waals surface area (Å²) in [4.78, 5) is 0. The van der Waals surface area contributed by atoms with Crippen molar-refractivity contribution in [1.29, 1.82) is 0 Å². The van der Waals surface area contributed by atoms with E-state index in [9.17, 15) is 9.50 Å². The molecular formula is C9H10FNO. The Hall–Kier alpha value is -1.09. The smallest absolute Gasteiger partial charge is 0.131 e. The normalized spacial score (nSPS) is 21.9. The van der Waals surface area contributed by atoms with Crippen molar-refractivity contribution in [1.82, 2.24) is 5.32 Å². The van der Waals surface area contributed by atoms with Gasteiger partial charge in [0.1, 0.15) is 11.6 Å². The zero-order chi connectivity index (χ0) is 8.55. The van der Waals surface area contributed by atoms with E-state index >= 15 is 0 Å². The van der Waals surface area contributed by atoms with E-state index < -0.39 is 0 Å². The van der Waals surface area contributed by atoms with Crippen LogP contribution in [0.5, 0.6) is 5.75 Å². The molecule has 1 heterocycles. The Morgan fingerprint density at radius 2 is 2.25 bits per heavy atom. The first-order valence-corrected chi connectivity index (χ1v) is 4.00. The van der Waals surface area contributed by atoms with Gasteiger partial charge in [-0.15, -0.1) is 0 Å². The van der Waals surface area contributed by atoms with Crippen LogP contribution in [0.25, 0.3) is 0 Å². The minimum atomic E-state index is -0.327. The number of aromatic hydroxyl groups is 1. The van der Waals surface area contributed by atoms with Crippen molar-refractivity contribution in [3.05, 3.63) is 29.6 Å². The van der Waals surface area contributed by atoms with Gasteiger partial charge in [-0.1, -0.05) is 6.07 Å². The predicted octanol–water partition coefficient (Wildman–Crippen LogP) is 1.57. The molecule has 1 aliphatic heterocycles. The van der Waals surface area contributed by atoms with Crippen LogP contribution in [-0.2, 0) is 0 Å². The summed E-state index contributed by atoms with van der Waals surface area (Å²) in [6.07, 6.45) is 0.897. The van der Waals surface area contributed by atoms with Crippen LogP contribution in [0.15, 0.2) is 18.2 Å².